The van der Waals surface area contributed by atoms with E-state index in [1.54, 1.807) is 9.80 Å². The monoisotopic (exact) mass is 431 g/mol. The van der Waals surface area contributed by atoms with Gasteiger partial charge in [-0.15, -0.1) is 0 Å². The number of piperazine rings is 1. The second kappa shape index (κ2) is 8.17. The molecule has 2 aromatic rings. The van der Waals surface area contributed by atoms with Crippen LogP contribution in [0.5, 0.6) is 0 Å². The van der Waals surface area contributed by atoms with Gasteiger partial charge in [0.1, 0.15) is 0 Å². The predicted molar refractivity (Wildman–Crippen MR) is 122 cm³/mol. The first-order valence-corrected chi connectivity index (χ1v) is 11.5. The van der Waals surface area contributed by atoms with Crippen LogP contribution >= 0.6 is 0 Å². The van der Waals surface area contributed by atoms with Gasteiger partial charge in [0, 0.05) is 43.7 Å². The lowest BCUT2D eigenvalue weighted by atomic mass is 9.98. The van der Waals surface area contributed by atoms with E-state index in [4.69, 9.17) is 5.73 Å². The Morgan fingerprint density at radius 2 is 1.50 bits per heavy atom. The maximum absolute atomic E-state index is 12.9. The molecule has 0 spiro atoms. The van der Waals surface area contributed by atoms with Crippen molar-refractivity contribution in [1.82, 2.24) is 9.80 Å². The van der Waals surface area contributed by atoms with Crippen LogP contribution in [0.1, 0.15) is 52.8 Å². The summed E-state index contributed by atoms with van der Waals surface area (Å²) in [5, 5.41) is 0. The Morgan fingerprint density at radius 3 is 2.12 bits per heavy atom. The third kappa shape index (κ3) is 4.32. The first kappa shape index (κ1) is 20.9. The molecule has 166 valence electrons. The van der Waals surface area contributed by atoms with Gasteiger partial charge in [0.15, 0.2) is 5.78 Å². The van der Waals surface area contributed by atoms with Crippen molar-refractivity contribution in [2.24, 2.45) is 11.7 Å². The second-order valence-corrected chi connectivity index (χ2v) is 9.47. The Hall–Kier alpha value is -2.99. The smallest absolute Gasteiger partial charge is 0.253 e. The summed E-state index contributed by atoms with van der Waals surface area (Å²) >= 11 is 0. The van der Waals surface area contributed by atoms with Crippen molar-refractivity contribution in [2.75, 3.05) is 26.2 Å². The van der Waals surface area contributed by atoms with Crippen LogP contribution in [0.15, 0.2) is 48.5 Å². The molecule has 2 amide bonds. The molecule has 1 aliphatic heterocycles. The highest BCUT2D eigenvalue weighted by atomic mass is 16.2. The molecule has 1 heterocycles. The molecule has 3 aliphatic rings. The van der Waals surface area contributed by atoms with Gasteiger partial charge in [-0.1, -0.05) is 30.3 Å². The number of hydrogen-bond acceptors (Lipinski definition) is 4. The molecule has 0 bridgehead atoms. The van der Waals surface area contributed by atoms with E-state index in [9.17, 15) is 14.4 Å². The van der Waals surface area contributed by atoms with E-state index in [0.29, 0.717) is 44.1 Å². The zero-order valence-corrected chi connectivity index (χ0v) is 18.3. The van der Waals surface area contributed by atoms with E-state index in [-0.39, 0.29) is 17.6 Å². The largest absolute Gasteiger partial charge is 0.338 e. The summed E-state index contributed by atoms with van der Waals surface area (Å²) in [6.45, 7) is 2.10. The van der Waals surface area contributed by atoms with Gasteiger partial charge in [-0.05, 0) is 60.9 Å². The lowest BCUT2D eigenvalue weighted by Crippen LogP contribution is -2.55. The molecule has 2 aromatic carbocycles. The number of ketones is 1. The molecule has 0 unspecified atom stereocenters. The molecule has 1 saturated heterocycles. The van der Waals surface area contributed by atoms with Gasteiger partial charge in [0.05, 0.1) is 5.54 Å². The summed E-state index contributed by atoms with van der Waals surface area (Å²) in [6, 6.07) is 15.3. The number of carbonyl (C=O) groups is 3. The van der Waals surface area contributed by atoms with Crippen LogP contribution in [0.2, 0.25) is 0 Å². The predicted octanol–water partition coefficient (Wildman–Crippen LogP) is 3.11. The summed E-state index contributed by atoms with van der Waals surface area (Å²) < 4.78 is 0. The van der Waals surface area contributed by atoms with Crippen molar-refractivity contribution in [3.8, 4) is 11.1 Å². The molecule has 0 atom stereocenters. The first-order chi connectivity index (χ1) is 15.4. The van der Waals surface area contributed by atoms with Gasteiger partial charge in [-0.2, -0.15) is 0 Å². The van der Waals surface area contributed by atoms with Crippen molar-refractivity contribution < 1.29 is 14.4 Å². The fraction of sp³-hybridized carbons (Fsp3) is 0.423. The van der Waals surface area contributed by atoms with Gasteiger partial charge < -0.3 is 15.5 Å². The minimum atomic E-state index is -0.651. The van der Waals surface area contributed by atoms with E-state index in [2.05, 4.69) is 0 Å². The molecule has 6 nitrogen and oxygen atoms in total. The molecule has 32 heavy (non-hydrogen) atoms. The Kier molecular flexibility index (Phi) is 5.33. The Labute approximate surface area is 188 Å². The van der Waals surface area contributed by atoms with E-state index in [0.717, 1.165) is 29.5 Å². The van der Waals surface area contributed by atoms with Crippen LogP contribution in [0.4, 0.5) is 0 Å². The van der Waals surface area contributed by atoms with Gasteiger partial charge in [-0.3, -0.25) is 14.4 Å². The lowest BCUT2D eigenvalue weighted by Gasteiger charge is -2.36. The van der Waals surface area contributed by atoms with Crippen molar-refractivity contribution in [3.05, 3.63) is 59.7 Å². The molecule has 2 aliphatic carbocycles. The third-order valence-corrected chi connectivity index (χ3v) is 6.89. The minimum Gasteiger partial charge on any atom is -0.338 e. The second-order valence-electron chi connectivity index (χ2n) is 9.47. The zero-order valence-electron chi connectivity index (χ0n) is 18.3. The van der Waals surface area contributed by atoms with Crippen molar-refractivity contribution >= 4 is 17.6 Å². The number of benzene rings is 2. The minimum absolute atomic E-state index is 0.0202. The number of carbonyl (C=O) groups excluding carboxylic acids is 3. The Bertz CT molecular complexity index is 1050. The summed E-state index contributed by atoms with van der Waals surface area (Å²) in [7, 11) is 0. The Balaban J connectivity index is 1.21. The first-order valence-electron chi connectivity index (χ1n) is 11.5. The summed E-state index contributed by atoms with van der Waals surface area (Å²) in [5.41, 5.74) is 8.73. The van der Waals surface area contributed by atoms with E-state index in [1.807, 2.05) is 48.5 Å². The molecular formula is C26H29N3O3. The van der Waals surface area contributed by atoms with Crippen molar-refractivity contribution in [3.63, 3.8) is 0 Å². The van der Waals surface area contributed by atoms with E-state index in [1.165, 1.54) is 12.8 Å². The molecule has 3 fully saturated rings. The Morgan fingerprint density at radius 1 is 0.844 bits per heavy atom. The van der Waals surface area contributed by atoms with Gasteiger partial charge >= 0.3 is 0 Å². The van der Waals surface area contributed by atoms with Crippen LogP contribution in [-0.2, 0) is 4.79 Å². The highest BCUT2D eigenvalue weighted by Gasteiger charge is 2.48. The molecule has 0 radical (unpaired) electrons. The normalized spacial score (nSPS) is 19.5. The van der Waals surface area contributed by atoms with Crippen molar-refractivity contribution in [2.45, 2.75) is 37.6 Å². The molecule has 5 rings (SSSR count). The molecular weight excluding hydrogens is 402 g/mol. The highest BCUT2D eigenvalue weighted by molar-refractivity contribution is 5.98. The highest BCUT2D eigenvalue weighted by Crippen LogP contribution is 2.35. The van der Waals surface area contributed by atoms with E-state index >= 15 is 0 Å². The quantitative estimate of drug-likeness (QED) is 0.713. The zero-order chi connectivity index (χ0) is 22.3. The average Bonchev–Trinajstić information content (AvgIpc) is 3.77. The van der Waals surface area contributed by atoms with E-state index < -0.39 is 5.54 Å². The molecule has 2 saturated carbocycles. The van der Waals surface area contributed by atoms with Crippen LogP contribution in [-0.4, -0.2) is 59.1 Å². The topological polar surface area (TPSA) is 83.7 Å². The van der Waals surface area contributed by atoms with Gasteiger partial charge in [0.2, 0.25) is 5.91 Å². The van der Waals surface area contributed by atoms with Crippen LogP contribution in [0.25, 0.3) is 11.1 Å². The summed E-state index contributed by atoms with van der Waals surface area (Å²) in [6.07, 6.45) is 4.49. The standard InChI is InChI=1S/C26H29N3O3/c27-26(10-11-26)25(32)29-14-12-28(13-15-29)24(31)20-8-6-19(7-9-20)21-2-1-3-22(17-21)23(30)16-18-4-5-18/h1-3,6-9,17-18H,4-5,10-16,27H2. The van der Waals surface area contributed by atoms with Gasteiger partial charge in [0.25, 0.3) is 5.91 Å². The lowest BCUT2D eigenvalue weighted by molar-refractivity contribution is -0.135. The summed E-state index contributed by atoms with van der Waals surface area (Å²) in [5.74, 6) is 0.778. The number of hydrogen-bond donors (Lipinski definition) is 1. The van der Waals surface area contributed by atoms with Crippen LogP contribution < -0.4 is 5.73 Å². The van der Waals surface area contributed by atoms with Crippen LogP contribution in [0, 0.1) is 5.92 Å². The molecule has 0 aromatic heterocycles. The fourth-order valence-corrected chi connectivity index (χ4v) is 4.34. The number of nitrogens with two attached hydrogens (primary N) is 1. The van der Waals surface area contributed by atoms with Crippen molar-refractivity contribution in [1.29, 1.82) is 0 Å². The number of Topliss-reactive ketones (excluding diaryl/α,β-unsaturated/α-hetero) is 1. The maximum atomic E-state index is 12.9. The van der Waals surface area contributed by atoms with Gasteiger partial charge in [-0.25, -0.2) is 0 Å². The average molecular weight is 432 g/mol. The number of amides is 2. The summed E-state index contributed by atoms with van der Waals surface area (Å²) in [4.78, 5) is 41.4. The molecule has 2 N–H and O–H groups in total. The molecule has 6 heteroatoms. The van der Waals surface area contributed by atoms with Crippen LogP contribution in [0.3, 0.4) is 0 Å². The third-order valence-electron chi connectivity index (χ3n) is 6.89. The maximum Gasteiger partial charge on any atom is 0.253 e. The fourth-order valence-electron chi connectivity index (χ4n) is 4.34. The SMILES string of the molecule is NC1(C(=O)N2CCN(C(=O)c3ccc(-c4cccc(C(=O)CC5CC5)c4)cc3)CC2)CC1. The number of rotatable bonds is 6. The number of nitrogens with zero attached hydrogens (tertiary/aromatic N) is 2.